The molecule has 0 unspecified atom stereocenters. The first-order valence-electron chi connectivity index (χ1n) is 9.00. The van der Waals surface area contributed by atoms with Crippen LogP contribution in [-0.2, 0) is 6.54 Å². The predicted molar refractivity (Wildman–Crippen MR) is 105 cm³/mol. The van der Waals surface area contributed by atoms with Crippen LogP contribution in [0.2, 0.25) is 0 Å². The standard InChI is InChI=1S/C20H17F2N7/c1-24-13-5-6-16-17(9-13)29(11-15-4-3-14(25-2)10-26-15)19(27-16)28-8-7-20(21,22)18(23)12-28/h3-6,9-10,18H,7-8,11-12,23H2/t18-/m1/s1. The van der Waals surface area contributed by atoms with Crippen LogP contribution < -0.4 is 10.6 Å². The Bertz CT molecular complexity index is 1140. The molecule has 1 aromatic carbocycles. The van der Waals surface area contributed by atoms with E-state index in [1.165, 1.54) is 6.20 Å². The minimum Gasteiger partial charge on any atom is -0.340 e. The van der Waals surface area contributed by atoms with Gasteiger partial charge in [0.1, 0.15) is 0 Å². The van der Waals surface area contributed by atoms with Gasteiger partial charge >= 0.3 is 0 Å². The second-order valence-electron chi connectivity index (χ2n) is 6.97. The molecule has 29 heavy (non-hydrogen) atoms. The van der Waals surface area contributed by atoms with Gasteiger partial charge in [0.05, 0.1) is 42.5 Å². The Morgan fingerprint density at radius 2 is 1.93 bits per heavy atom. The molecular formula is C20H17F2N7. The van der Waals surface area contributed by atoms with E-state index in [-0.39, 0.29) is 19.5 Å². The maximum atomic E-state index is 13.9. The summed E-state index contributed by atoms with van der Waals surface area (Å²) in [5.41, 5.74) is 8.67. The summed E-state index contributed by atoms with van der Waals surface area (Å²) in [5.74, 6) is -2.38. The highest BCUT2D eigenvalue weighted by Gasteiger charge is 2.42. The molecule has 0 bridgehead atoms. The molecule has 9 heteroatoms. The van der Waals surface area contributed by atoms with Gasteiger partial charge in [0.2, 0.25) is 11.6 Å². The SMILES string of the molecule is [C-]#[N+]c1ccc(Cn2c(N3CCC(F)(F)[C@H](N)C3)nc3ccc([N+]#[C-])cc32)nc1. The number of fused-ring (bicyclic) bond motifs is 1. The fourth-order valence-corrected chi connectivity index (χ4v) is 3.42. The van der Waals surface area contributed by atoms with Crippen molar-refractivity contribution in [2.75, 3.05) is 18.0 Å². The largest absolute Gasteiger partial charge is 0.340 e. The van der Waals surface area contributed by atoms with E-state index < -0.39 is 12.0 Å². The lowest BCUT2D eigenvalue weighted by Crippen LogP contribution is -2.55. The molecule has 0 spiro atoms. The molecular weight excluding hydrogens is 376 g/mol. The lowest BCUT2D eigenvalue weighted by molar-refractivity contribution is -0.0395. The number of alkyl halides is 2. The molecule has 1 aliphatic rings. The Labute approximate surface area is 166 Å². The Morgan fingerprint density at radius 3 is 2.59 bits per heavy atom. The van der Waals surface area contributed by atoms with E-state index in [1.807, 2.05) is 4.57 Å². The molecule has 0 aliphatic carbocycles. The fraction of sp³-hybridized carbons (Fsp3) is 0.300. The summed E-state index contributed by atoms with van der Waals surface area (Å²) in [6.45, 7) is 14.8. The lowest BCUT2D eigenvalue weighted by atomic mass is 10.0. The first-order chi connectivity index (χ1) is 13.9. The summed E-state index contributed by atoms with van der Waals surface area (Å²) in [5, 5.41) is 0. The number of benzene rings is 1. The van der Waals surface area contributed by atoms with E-state index in [0.717, 1.165) is 5.52 Å². The van der Waals surface area contributed by atoms with Crippen LogP contribution in [0, 0.1) is 13.1 Å². The molecule has 1 saturated heterocycles. The van der Waals surface area contributed by atoms with Crippen molar-refractivity contribution < 1.29 is 8.78 Å². The van der Waals surface area contributed by atoms with Crippen molar-refractivity contribution in [3.63, 3.8) is 0 Å². The van der Waals surface area contributed by atoms with Crippen LogP contribution in [0.1, 0.15) is 12.1 Å². The Kier molecular flexibility index (Phi) is 4.61. The summed E-state index contributed by atoms with van der Waals surface area (Å²) in [6, 6.07) is 7.30. The smallest absolute Gasteiger partial charge is 0.266 e. The molecule has 4 rings (SSSR count). The van der Waals surface area contributed by atoms with Gasteiger partial charge in [0.25, 0.3) is 5.92 Å². The molecule has 0 amide bonds. The molecule has 2 N–H and O–H groups in total. The second-order valence-corrected chi connectivity index (χ2v) is 6.97. The molecule has 0 saturated carbocycles. The van der Waals surface area contributed by atoms with Crippen molar-refractivity contribution in [3.05, 3.63) is 65.1 Å². The van der Waals surface area contributed by atoms with E-state index in [0.29, 0.717) is 35.1 Å². The minimum atomic E-state index is -2.90. The van der Waals surface area contributed by atoms with Crippen LogP contribution in [0.15, 0.2) is 36.5 Å². The number of aromatic nitrogens is 3. The maximum absolute atomic E-state index is 13.9. The third-order valence-corrected chi connectivity index (χ3v) is 5.06. The van der Waals surface area contributed by atoms with Crippen molar-refractivity contribution in [2.24, 2.45) is 5.73 Å². The number of anilines is 1. The summed E-state index contributed by atoms with van der Waals surface area (Å²) < 4.78 is 29.6. The summed E-state index contributed by atoms with van der Waals surface area (Å²) in [6.07, 6.45) is 1.14. The quantitative estimate of drug-likeness (QED) is 0.688. The summed E-state index contributed by atoms with van der Waals surface area (Å²) in [4.78, 5) is 17.5. The van der Waals surface area contributed by atoms with E-state index in [1.54, 1.807) is 35.2 Å². The highest BCUT2D eigenvalue weighted by atomic mass is 19.3. The number of halogens is 2. The number of hydrogen-bond donors (Lipinski definition) is 1. The van der Waals surface area contributed by atoms with Crippen LogP contribution in [0.25, 0.3) is 20.7 Å². The lowest BCUT2D eigenvalue weighted by Gasteiger charge is -2.37. The highest BCUT2D eigenvalue weighted by Crippen LogP contribution is 2.32. The number of piperidine rings is 1. The van der Waals surface area contributed by atoms with Crippen molar-refractivity contribution in [1.29, 1.82) is 0 Å². The monoisotopic (exact) mass is 393 g/mol. The first-order valence-corrected chi connectivity index (χ1v) is 9.00. The van der Waals surface area contributed by atoms with Gasteiger partial charge in [-0.1, -0.05) is 12.1 Å². The van der Waals surface area contributed by atoms with E-state index >= 15 is 0 Å². The zero-order chi connectivity index (χ0) is 20.6. The molecule has 0 radical (unpaired) electrons. The summed E-state index contributed by atoms with van der Waals surface area (Å²) in [7, 11) is 0. The van der Waals surface area contributed by atoms with Gasteiger partial charge in [-0.2, -0.15) is 0 Å². The number of nitrogens with two attached hydrogens (primary N) is 1. The van der Waals surface area contributed by atoms with Gasteiger partial charge < -0.3 is 15.2 Å². The molecule has 2 aromatic heterocycles. The number of nitrogens with zero attached hydrogens (tertiary/aromatic N) is 6. The molecule has 1 aliphatic heterocycles. The number of rotatable bonds is 3. The third-order valence-electron chi connectivity index (χ3n) is 5.06. The second kappa shape index (κ2) is 7.12. The van der Waals surface area contributed by atoms with Gasteiger partial charge in [-0.15, -0.1) is 0 Å². The Hall–Kier alpha value is -3.56. The van der Waals surface area contributed by atoms with E-state index in [4.69, 9.17) is 18.9 Å². The van der Waals surface area contributed by atoms with Gasteiger partial charge in [-0.3, -0.25) is 4.98 Å². The van der Waals surface area contributed by atoms with Crippen molar-refractivity contribution >= 4 is 28.4 Å². The molecule has 3 aromatic rings. The number of hydrogen-bond acceptors (Lipinski definition) is 4. The van der Waals surface area contributed by atoms with Crippen LogP contribution in [0.5, 0.6) is 0 Å². The minimum absolute atomic E-state index is 0.0178. The third kappa shape index (κ3) is 3.48. The van der Waals surface area contributed by atoms with Gasteiger partial charge in [-0.25, -0.2) is 23.5 Å². The normalized spacial score (nSPS) is 18.4. The van der Waals surface area contributed by atoms with E-state index in [9.17, 15) is 8.78 Å². The van der Waals surface area contributed by atoms with Crippen molar-refractivity contribution in [2.45, 2.75) is 24.9 Å². The van der Waals surface area contributed by atoms with Gasteiger partial charge in [-0.05, 0) is 18.2 Å². The molecule has 7 nitrogen and oxygen atoms in total. The average Bonchev–Trinajstić information content (AvgIpc) is 3.08. The van der Waals surface area contributed by atoms with Crippen LogP contribution in [0.3, 0.4) is 0 Å². The molecule has 146 valence electrons. The Balaban J connectivity index is 1.78. The van der Waals surface area contributed by atoms with Crippen LogP contribution >= 0.6 is 0 Å². The highest BCUT2D eigenvalue weighted by molar-refractivity contribution is 5.83. The zero-order valence-corrected chi connectivity index (χ0v) is 15.4. The van der Waals surface area contributed by atoms with Gasteiger partial charge in [0.15, 0.2) is 5.69 Å². The molecule has 3 heterocycles. The first kappa shape index (κ1) is 18.8. The van der Waals surface area contributed by atoms with Gasteiger partial charge in [0, 0.05) is 25.7 Å². The Morgan fingerprint density at radius 1 is 1.17 bits per heavy atom. The molecule has 1 atom stereocenters. The maximum Gasteiger partial charge on any atom is 0.266 e. The topological polar surface area (TPSA) is 68.7 Å². The van der Waals surface area contributed by atoms with Crippen molar-refractivity contribution in [1.82, 2.24) is 14.5 Å². The van der Waals surface area contributed by atoms with E-state index in [2.05, 4.69) is 19.7 Å². The molecule has 1 fully saturated rings. The van der Waals surface area contributed by atoms with Crippen molar-refractivity contribution in [3.8, 4) is 0 Å². The fourth-order valence-electron chi connectivity index (χ4n) is 3.42. The zero-order valence-electron chi connectivity index (χ0n) is 15.4. The van der Waals surface area contributed by atoms with Crippen LogP contribution in [-0.4, -0.2) is 39.6 Å². The number of imidazole rings is 1. The average molecular weight is 393 g/mol. The summed E-state index contributed by atoms with van der Waals surface area (Å²) >= 11 is 0. The van der Waals surface area contributed by atoms with Crippen LogP contribution in [0.4, 0.5) is 26.1 Å². The number of pyridine rings is 1. The predicted octanol–water partition coefficient (Wildman–Crippen LogP) is 3.75.